The molecule has 0 saturated carbocycles. The Hall–Kier alpha value is -3.86. The van der Waals surface area contributed by atoms with Gasteiger partial charge >= 0.3 is 0 Å². The van der Waals surface area contributed by atoms with Crippen LogP contribution in [0.3, 0.4) is 0 Å². The molecule has 0 radical (unpaired) electrons. The molecule has 0 saturated heterocycles. The van der Waals surface area contributed by atoms with Gasteiger partial charge in [-0.15, -0.1) is 0 Å². The first kappa shape index (κ1) is 22.3. The van der Waals surface area contributed by atoms with E-state index in [2.05, 4.69) is 66.0 Å². The van der Waals surface area contributed by atoms with Crippen LogP contribution in [0.5, 0.6) is 5.75 Å². The number of oxime groups is 1. The molecule has 1 aromatic heterocycles. The van der Waals surface area contributed by atoms with Crippen molar-refractivity contribution in [2.75, 3.05) is 7.11 Å². The van der Waals surface area contributed by atoms with E-state index in [1.165, 1.54) is 17.7 Å². The smallest absolute Gasteiger partial charge is 0.142 e. The van der Waals surface area contributed by atoms with Crippen molar-refractivity contribution in [3.8, 4) is 22.7 Å². The summed E-state index contributed by atoms with van der Waals surface area (Å²) in [4.78, 5) is 5.58. The molecule has 0 N–H and O–H groups in total. The lowest BCUT2D eigenvalue weighted by Crippen LogP contribution is -2.03. The van der Waals surface area contributed by atoms with Crippen LogP contribution >= 0.6 is 0 Å². The Labute approximate surface area is 193 Å². The largest absolute Gasteiger partial charge is 0.497 e. The molecule has 1 heterocycles. The lowest BCUT2D eigenvalue weighted by atomic mass is 10.1. The first-order chi connectivity index (χ1) is 16.0. The minimum Gasteiger partial charge on any atom is -0.497 e. The molecular formula is C28H27FN2O2. The molecule has 4 nitrogen and oxygen atoms in total. The number of halogens is 1. The Kier molecular flexibility index (Phi) is 6.59. The zero-order valence-electron chi connectivity index (χ0n) is 19.3. The summed E-state index contributed by atoms with van der Waals surface area (Å²) in [6.45, 7) is 6.39. The van der Waals surface area contributed by atoms with Gasteiger partial charge in [0.15, 0.2) is 0 Å². The van der Waals surface area contributed by atoms with E-state index in [1.807, 2.05) is 19.1 Å². The van der Waals surface area contributed by atoms with Crippen LogP contribution in [0.4, 0.5) is 4.39 Å². The van der Waals surface area contributed by atoms with Crippen LogP contribution in [0.2, 0.25) is 0 Å². The Bertz CT molecular complexity index is 1270. The normalized spacial score (nSPS) is 11.5. The Morgan fingerprint density at radius 2 is 1.67 bits per heavy atom. The zero-order chi connectivity index (χ0) is 23.4. The van der Waals surface area contributed by atoms with E-state index in [-0.39, 0.29) is 12.4 Å². The van der Waals surface area contributed by atoms with Gasteiger partial charge in [-0.3, -0.25) is 0 Å². The van der Waals surface area contributed by atoms with Crippen molar-refractivity contribution in [1.82, 2.24) is 4.57 Å². The van der Waals surface area contributed by atoms with Crippen LogP contribution in [-0.4, -0.2) is 17.4 Å². The quantitative estimate of drug-likeness (QED) is 0.232. The topological polar surface area (TPSA) is 35.8 Å². The number of methoxy groups -OCH3 is 1. The van der Waals surface area contributed by atoms with Gasteiger partial charge in [0.25, 0.3) is 0 Å². The monoisotopic (exact) mass is 442 g/mol. The number of hydrogen-bond donors (Lipinski definition) is 0. The van der Waals surface area contributed by atoms with Crippen LogP contribution < -0.4 is 4.74 Å². The highest BCUT2D eigenvalue weighted by Crippen LogP contribution is 2.31. The van der Waals surface area contributed by atoms with Crippen molar-refractivity contribution < 1.29 is 14.0 Å². The molecule has 4 rings (SSSR count). The summed E-state index contributed by atoms with van der Waals surface area (Å²) >= 11 is 0. The second-order valence-electron chi connectivity index (χ2n) is 8.01. The highest BCUT2D eigenvalue weighted by atomic mass is 19.1. The molecule has 0 spiro atoms. The molecule has 0 aliphatic carbocycles. The van der Waals surface area contributed by atoms with Crippen molar-refractivity contribution in [2.24, 2.45) is 5.16 Å². The van der Waals surface area contributed by atoms with Crippen molar-refractivity contribution in [2.45, 2.75) is 27.4 Å². The van der Waals surface area contributed by atoms with E-state index in [1.54, 1.807) is 19.2 Å². The third kappa shape index (κ3) is 4.98. The summed E-state index contributed by atoms with van der Waals surface area (Å²) in [7, 11) is 1.67. The molecule has 3 aromatic carbocycles. The Morgan fingerprint density at radius 3 is 2.33 bits per heavy atom. The fourth-order valence-electron chi connectivity index (χ4n) is 3.88. The van der Waals surface area contributed by atoms with Crippen LogP contribution in [0, 0.1) is 19.7 Å². The Morgan fingerprint density at radius 1 is 0.939 bits per heavy atom. The SMILES string of the molecule is COc1ccc(-c2cc(/C(C)=N/OCc3ccc(F)cc3)c(C)n2-c2cccc(C)c2)cc1. The minimum absolute atomic E-state index is 0.266. The molecule has 0 atom stereocenters. The van der Waals surface area contributed by atoms with Crippen molar-refractivity contribution in [3.63, 3.8) is 0 Å². The highest BCUT2D eigenvalue weighted by Gasteiger charge is 2.17. The van der Waals surface area contributed by atoms with Gasteiger partial charge in [0.2, 0.25) is 0 Å². The van der Waals surface area contributed by atoms with E-state index >= 15 is 0 Å². The van der Waals surface area contributed by atoms with E-state index in [9.17, 15) is 4.39 Å². The van der Waals surface area contributed by atoms with Crippen LogP contribution in [0.1, 0.15) is 29.3 Å². The highest BCUT2D eigenvalue weighted by molar-refractivity contribution is 6.01. The number of hydrogen-bond acceptors (Lipinski definition) is 3. The summed E-state index contributed by atoms with van der Waals surface area (Å²) < 4.78 is 20.7. The van der Waals surface area contributed by atoms with Crippen LogP contribution in [-0.2, 0) is 11.4 Å². The summed E-state index contributed by atoms with van der Waals surface area (Å²) in [5.41, 5.74) is 8.12. The number of aromatic nitrogens is 1. The maximum atomic E-state index is 13.1. The first-order valence-corrected chi connectivity index (χ1v) is 10.8. The molecular weight excluding hydrogens is 415 g/mol. The molecule has 0 bridgehead atoms. The lowest BCUT2D eigenvalue weighted by Gasteiger charge is -2.13. The average Bonchev–Trinajstić information content (AvgIpc) is 3.17. The van der Waals surface area contributed by atoms with Gasteiger partial charge in [0.05, 0.1) is 18.5 Å². The summed E-state index contributed by atoms with van der Waals surface area (Å²) in [6, 6.07) is 24.8. The van der Waals surface area contributed by atoms with Crippen molar-refractivity contribution in [3.05, 3.63) is 107 Å². The lowest BCUT2D eigenvalue weighted by molar-refractivity contribution is 0.130. The van der Waals surface area contributed by atoms with Gasteiger partial charge in [0, 0.05) is 16.9 Å². The van der Waals surface area contributed by atoms with Crippen LogP contribution in [0.25, 0.3) is 16.9 Å². The second-order valence-corrected chi connectivity index (χ2v) is 8.01. The van der Waals surface area contributed by atoms with Gasteiger partial charge in [-0.1, -0.05) is 29.4 Å². The molecule has 0 amide bonds. The van der Waals surface area contributed by atoms with Crippen LogP contribution in [0.15, 0.2) is 84.0 Å². The van der Waals surface area contributed by atoms with Gasteiger partial charge in [-0.05, 0) is 92.1 Å². The molecule has 0 fully saturated rings. The maximum Gasteiger partial charge on any atom is 0.142 e. The third-order valence-electron chi connectivity index (χ3n) is 5.63. The van der Waals surface area contributed by atoms with Crippen molar-refractivity contribution >= 4 is 5.71 Å². The summed E-state index contributed by atoms with van der Waals surface area (Å²) in [5, 5.41) is 4.35. The number of benzene rings is 3. The van der Waals surface area contributed by atoms with Gasteiger partial charge < -0.3 is 14.1 Å². The number of aryl methyl sites for hydroxylation is 1. The predicted molar refractivity (Wildman–Crippen MR) is 131 cm³/mol. The van der Waals surface area contributed by atoms with E-state index in [0.717, 1.165) is 45.2 Å². The standard InChI is InChI=1S/C28H27FN2O2/c1-19-6-5-7-25(16-19)31-21(3)27(17-28(31)23-10-14-26(32-4)15-11-23)20(2)30-33-18-22-8-12-24(29)13-9-22/h5-17H,18H2,1-4H3/b30-20+. The Balaban J connectivity index is 1.71. The maximum absolute atomic E-state index is 13.1. The predicted octanol–water partition coefficient (Wildman–Crippen LogP) is 6.85. The first-order valence-electron chi connectivity index (χ1n) is 10.8. The van der Waals surface area contributed by atoms with Gasteiger partial charge in [0.1, 0.15) is 18.2 Å². The molecule has 5 heteroatoms. The molecule has 168 valence electrons. The van der Waals surface area contributed by atoms with E-state index in [4.69, 9.17) is 9.57 Å². The minimum atomic E-state index is -0.266. The molecule has 4 aromatic rings. The molecule has 0 unspecified atom stereocenters. The van der Waals surface area contributed by atoms with Crippen molar-refractivity contribution in [1.29, 1.82) is 0 Å². The number of ether oxygens (including phenoxy) is 1. The van der Waals surface area contributed by atoms with E-state index in [0.29, 0.717) is 0 Å². The van der Waals surface area contributed by atoms with Gasteiger partial charge in [-0.25, -0.2) is 4.39 Å². The fourth-order valence-corrected chi connectivity index (χ4v) is 3.88. The zero-order valence-corrected chi connectivity index (χ0v) is 19.3. The number of nitrogens with zero attached hydrogens (tertiary/aromatic N) is 2. The molecule has 0 aliphatic heterocycles. The van der Waals surface area contributed by atoms with E-state index < -0.39 is 0 Å². The summed E-state index contributed by atoms with van der Waals surface area (Å²) in [6.07, 6.45) is 0. The average molecular weight is 443 g/mol. The third-order valence-corrected chi connectivity index (χ3v) is 5.63. The molecule has 0 aliphatic rings. The fraction of sp³-hybridized carbons (Fsp3) is 0.179. The van der Waals surface area contributed by atoms with Gasteiger partial charge in [-0.2, -0.15) is 0 Å². The summed E-state index contributed by atoms with van der Waals surface area (Å²) in [5.74, 6) is 0.550. The molecule has 33 heavy (non-hydrogen) atoms. The second kappa shape index (κ2) is 9.74. The number of rotatable bonds is 7.